The molecule has 1 rings (SSSR count). The van der Waals surface area contributed by atoms with E-state index >= 15 is 0 Å². The third-order valence-electron chi connectivity index (χ3n) is 4.46. The van der Waals surface area contributed by atoms with Gasteiger partial charge >= 0.3 is 23.9 Å². The fourth-order valence-electron chi connectivity index (χ4n) is 2.98. The molecule has 4 atom stereocenters. The number of carbonyl (C=O) groups is 4. The molecule has 0 amide bonds. The van der Waals surface area contributed by atoms with Crippen LogP contribution in [0.4, 0.5) is 0 Å². The smallest absolute Gasteiger partial charge is 0.311 e. The van der Waals surface area contributed by atoms with Crippen LogP contribution in [0.5, 0.6) is 0 Å². The van der Waals surface area contributed by atoms with E-state index in [1.807, 2.05) is 0 Å². The van der Waals surface area contributed by atoms with Gasteiger partial charge in [0, 0.05) is 5.41 Å². The van der Waals surface area contributed by atoms with Gasteiger partial charge in [0.1, 0.15) is 0 Å². The largest absolute Gasteiger partial charge is 0.481 e. The van der Waals surface area contributed by atoms with Crippen LogP contribution in [-0.2, 0) is 19.2 Å². The van der Waals surface area contributed by atoms with E-state index in [0.29, 0.717) is 5.57 Å². The minimum atomic E-state index is -1.35. The van der Waals surface area contributed by atoms with Gasteiger partial charge in [-0.25, -0.2) is 0 Å². The first-order chi connectivity index (χ1) is 10.0. The molecule has 0 aromatic carbocycles. The third-order valence-corrected chi connectivity index (χ3v) is 4.46. The fourth-order valence-corrected chi connectivity index (χ4v) is 2.98. The first-order valence-corrected chi connectivity index (χ1v) is 6.59. The van der Waals surface area contributed by atoms with Crippen molar-refractivity contribution < 1.29 is 39.6 Å². The molecule has 0 saturated carbocycles. The highest BCUT2D eigenvalue weighted by Crippen LogP contribution is 2.48. The summed E-state index contributed by atoms with van der Waals surface area (Å²) in [6.07, 6.45) is 0.315. The van der Waals surface area contributed by atoms with Gasteiger partial charge in [-0.15, -0.1) is 0 Å². The molecule has 0 bridgehead atoms. The number of rotatable bonds is 6. The Kier molecular flexibility index (Phi) is 4.95. The number of hydrogen-bond donors (Lipinski definition) is 4. The Balaban J connectivity index is 3.34. The van der Waals surface area contributed by atoms with Crippen LogP contribution in [0.15, 0.2) is 11.6 Å². The summed E-state index contributed by atoms with van der Waals surface area (Å²) < 4.78 is 0. The molecule has 8 heteroatoms. The van der Waals surface area contributed by atoms with E-state index in [9.17, 15) is 29.4 Å². The second-order valence-electron chi connectivity index (χ2n) is 5.77. The van der Waals surface area contributed by atoms with E-state index in [4.69, 9.17) is 10.2 Å². The van der Waals surface area contributed by atoms with Crippen LogP contribution >= 0.6 is 0 Å². The van der Waals surface area contributed by atoms with Crippen LogP contribution in [0.2, 0.25) is 0 Å². The van der Waals surface area contributed by atoms with Gasteiger partial charge in [-0.05, 0) is 13.3 Å². The zero-order chi connectivity index (χ0) is 17.2. The zero-order valence-corrected chi connectivity index (χ0v) is 12.1. The molecule has 1 aliphatic rings. The molecule has 0 spiro atoms. The van der Waals surface area contributed by atoms with Gasteiger partial charge in [0.2, 0.25) is 0 Å². The predicted octanol–water partition coefficient (Wildman–Crippen LogP) is 0.920. The lowest BCUT2D eigenvalue weighted by atomic mass is 9.60. The zero-order valence-electron chi connectivity index (χ0n) is 12.1. The maximum Gasteiger partial charge on any atom is 0.311 e. The van der Waals surface area contributed by atoms with Gasteiger partial charge in [-0.2, -0.15) is 0 Å². The Bertz CT molecular complexity index is 549. The minimum Gasteiger partial charge on any atom is -0.481 e. The van der Waals surface area contributed by atoms with Gasteiger partial charge in [-0.3, -0.25) is 19.2 Å². The Morgan fingerprint density at radius 1 is 1.18 bits per heavy atom. The molecule has 4 unspecified atom stereocenters. The molecule has 0 aromatic rings. The molecule has 4 N–H and O–H groups in total. The Hall–Kier alpha value is -2.38. The number of allylic oxidation sites excluding steroid dienone is 1. The molecule has 122 valence electrons. The molecule has 22 heavy (non-hydrogen) atoms. The maximum atomic E-state index is 11.4. The summed E-state index contributed by atoms with van der Waals surface area (Å²) in [6, 6.07) is 0. The number of carboxylic acid groups (broad SMARTS) is 4. The molecular weight excluding hydrogens is 296 g/mol. The average molecular weight is 314 g/mol. The van der Waals surface area contributed by atoms with Crippen molar-refractivity contribution in [3.05, 3.63) is 11.6 Å². The quantitative estimate of drug-likeness (QED) is 0.529. The van der Waals surface area contributed by atoms with Crippen molar-refractivity contribution >= 4 is 23.9 Å². The average Bonchev–Trinajstić information content (AvgIpc) is 2.37. The van der Waals surface area contributed by atoms with Crippen molar-refractivity contribution in [2.75, 3.05) is 0 Å². The Morgan fingerprint density at radius 2 is 1.73 bits per heavy atom. The van der Waals surface area contributed by atoms with Crippen molar-refractivity contribution in [2.24, 2.45) is 23.2 Å². The summed E-state index contributed by atoms with van der Waals surface area (Å²) in [5, 5.41) is 36.5. The molecule has 0 heterocycles. The van der Waals surface area contributed by atoms with Crippen LogP contribution in [0.25, 0.3) is 0 Å². The van der Waals surface area contributed by atoms with Gasteiger partial charge in [-0.1, -0.05) is 18.6 Å². The van der Waals surface area contributed by atoms with Gasteiger partial charge in [0.05, 0.1) is 24.2 Å². The standard InChI is InChI=1S/C14H18O8/c1-6-3-7(11(17)18)8(12(19)20)5-14(6,2)9(13(21)22)4-10(15)16/h3,7-9H,4-5H2,1-2H3,(H,15,16)(H,17,18)(H,19,20)(H,21,22). The fraction of sp³-hybridized carbons (Fsp3) is 0.571. The minimum absolute atomic E-state index is 0.244. The predicted molar refractivity (Wildman–Crippen MR) is 72.1 cm³/mol. The second kappa shape index (κ2) is 6.17. The number of hydrogen-bond acceptors (Lipinski definition) is 4. The normalized spacial score (nSPS) is 29.3. The SMILES string of the molecule is CC1=CC(C(=O)O)C(C(=O)O)CC1(C)C(CC(=O)O)C(=O)O. The van der Waals surface area contributed by atoms with Crippen molar-refractivity contribution in [3.63, 3.8) is 0 Å². The van der Waals surface area contributed by atoms with E-state index in [0.717, 1.165) is 0 Å². The molecule has 0 radical (unpaired) electrons. The van der Waals surface area contributed by atoms with Gasteiger partial charge < -0.3 is 20.4 Å². The molecule has 0 aliphatic heterocycles. The van der Waals surface area contributed by atoms with Crippen LogP contribution in [0, 0.1) is 23.2 Å². The van der Waals surface area contributed by atoms with E-state index in [1.165, 1.54) is 19.9 Å². The van der Waals surface area contributed by atoms with E-state index in [1.54, 1.807) is 0 Å². The van der Waals surface area contributed by atoms with Gasteiger partial charge in [0.15, 0.2) is 0 Å². The topological polar surface area (TPSA) is 149 Å². The molecule has 8 nitrogen and oxygen atoms in total. The number of carboxylic acids is 4. The second-order valence-corrected chi connectivity index (χ2v) is 5.77. The lowest BCUT2D eigenvalue weighted by molar-refractivity contribution is -0.158. The summed E-state index contributed by atoms with van der Waals surface area (Å²) in [5.74, 6) is -9.21. The lowest BCUT2D eigenvalue weighted by Crippen LogP contribution is -2.44. The molecule has 0 saturated heterocycles. The van der Waals surface area contributed by atoms with E-state index < -0.39 is 53.5 Å². The summed E-state index contributed by atoms with van der Waals surface area (Å²) >= 11 is 0. The van der Waals surface area contributed by atoms with Crippen LogP contribution in [0.1, 0.15) is 26.7 Å². The van der Waals surface area contributed by atoms with Crippen molar-refractivity contribution in [1.82, 2.24) is 0 Å². The third kappa shape index (κ3) is 3.26. The molecular formula is C14H18O8. The summed E-state index contributed by atoms with van der Waals surface area (Å²) in [4.78, 5) is 44.8. The summed E-state index contributed by atoms with van der Waals surface area (Å²) in [5.41, 5.74) is -0.856. The van der Waals surface area contributed by atoms with E-state index in [-0.39, 0.29) is 6.42 Å². The highest BCUT2D eigenvalue weighted by atomic mass is 16.4. The molecule has 0 fully saturated rings. The summed E-state index contributed by atoms with van der Waals surface area (Å²) in [6.45, 7) is 2.97. The van der Waals surface area contributed by atoms with Crippen molar-refractivity contribution in [1.29, 1.82) is 0 Å². The Morgan fingerprint density at radius 3 is 2.09 bits per heavy atom. The highest BCUT2D eigenvalue weighted by Gasteiger charge is 2.50. The number of aliphatic carboxylic acids is 4. The summed E-state index contributed by atoms with van der Waals surface area (Å²) in [7, 11) is 0. The maximum absolute atomic E-state index is 11.4. The van der Waals surface area contributed by atoms with Crippen LogP contribution < -0.4 is 0 Å². The van der Waals surface area contributed by atoms with Crippen LogP contribution in [-0.4, -0.2) is 44.3 Å². The molecule has 0 aromatic heterocycles. The van der Waals surface area contributed by atoms with Crippen LogP contribution in [0.3, 0.4) is 0 Å². The Labute approximate surface area is 126 Å². The highest BCUT2D eigenvalue weighted by molar-refractivity contribution is 5.83. The van der Waals surface area contributed by atoms with Gasteiger partial charge in [0.25, 0.3) is 0 Å². The van der Waals surface area contributed by atoms with Crippen molar-refractivity contribution in [3.8, 4) is 0 Å². The monoisotopic (exact) mass is 314 g/mol. The van der Waals surface area contributed by atoms with E-state index in [2.05, 4.69) is 0 Å². The van der Waals surface area contributed by atoms with Crippen molar-refractivity contribution in [2.45, 2.75) is 26.7 Å². The molecule has 1 aliphatic carbocycles. The lowest BCUT2D eigenvalue weighted by Gasteiger charge is -2.42. The first kappa shape index (κ1) is 17.7. The first-order valence-electron chi connectivity index (χ1n) is 6.59.